The quantitative estimate of drug-likeness (QED) is 0.574. The normalized spacial score (nSPS) is 9.12. The fourth-order valence-electron chi connectivity index (χ4n) is 1.59. The monoisotopic (exact) mass is 216 g/mol. The van der Waals surface area contributed by atoms with Gasteiger partial charge in [0.25, 0.3) is 0 Å². The van der Waals surface area contributed by atoms with Crippen molar-refractivity contribution >= 4 is 23.5 Å². The van der Waals surface area contributed by atoms with Crippen molar-refractivity contribution in [3.8, 4) is 0 Å². The van der Waals surface area contributed by atoms with Gasteiger partial charge in [-0.15, -0.1) is 0 Å². The molecule has 0 aliphatic rings. The molecule has 82 valence electrons. The highest BCUT2D eigenvalue weighted by Crippen LogP contribution is 2.33. The van der Waals surface area contributed by atoms with Crippen molar-refractivity contribution in [2.24, 2.45) is 9.98 Å². The molecule has 1 aromatic carbocycles. The van der Waals surface area contributed by atoms with Crippen LogP contribution in [-0.2, 0) is 16.0 Å². The molecule has 0 heterocycles. The molecule has 4 heteroatoms. The Labute approximate surface area is 93.7 Å². The van der Waals surface area contributed by atoms with Gasteiger partial charge in [0.1, 0.15) is 11.4 Å². The van der Waals surface area contributed by atoms with E-state index in [1.54, 1.807) is 6.07 Å². The third-order valence-corrected chi connectivity index (χ3v) is 2.36. The summed E-state index contributed by atoms with van der Waals surface area (Å²) in [5, 5.41) is 0. The van der Waals surface area contributed by atoms with E-state index in [-0.39, 0.29) is 0 Å². The number of hydrogen-bond donors (Lipinski definition) is 0. The second-order valence-electron chi connectivity index (χ2n) is 3.37. The van der Waals surface area contributed by atoms with Crippen LogP contribution in [0.15, 0.2) is 22.1 Å². The van der Waals surface area contributed by atoms with E-state index < -0.39 is 0 Å². The molecule has 0 unspecified atom stereocenters. The summed E-state index contributed by atoms with van der Waals surface area (Å²) in [7, 11) is 0. The highest BCUT2D eigenvalue weighted by Gasteiger charge is 2.08. The van der Waals surface area contributed by atoms with Gasteiger partial charge in [-0.3, -0.25) is 0 Å². The minimum absolute atomic E-state index is 0.357. The van der Waals surface area contributed by atoms with Crippen LogP contribution in [0.5, 0.6) is 0 Å². The van der Waals surface area contributed by atoms with E-state index in [1.165, 1.54) is 12.2 Å². The van der Waals surface area contributed by atoms with Crippen molar-refractivity contribution in [1.82, 2.24) is 0 Å². The maximum absolute atomic E-state index is 10.3. The van der Waals surface area contributed by atoms with E-state index in [0.717, 1.165) is 24.0 Å². The Kier molecular flexibility index (Phi) is 4.34. The molecule has 0 atom stereocenters. The van der Waals surface area contributed by atoms with Crippen molar-refractivity contribution in [2.75, 3.05) is 0 Å². The van der Waals surface area contributed by atoms with Crippen molar-refractivity contribution < 1.29 is 9.59 Å². The van der Waals surface area contributed by atoms with Crippen LogP contribution in [-0.4, -0.2) is 12.2 Å². The average Bonchev–Trinajstić information content (AvgIpc) is 2.28. The first-order valence-corrected chi connectivity index (χ1v) is 5.02. The summed E-state index contributed by atoms with van der Waals surface area (Å²) < 4.78 is 0. The molecule has 0 saturated heterocycles. The molecule has 1 aromatic rings. The summed E-state index contributed by atoms with van der Waals surface area (Å²) in [6.45, 7) is 3.92. The lowest BCUT2D eigenvalue weighted by Crippen LogP contribution is -1.89. The number of isocyanates is 2. The molecule has 0 fully saturated rings. The Morgan fingerprint density at radius 3 is 2.44 bits per heavy atom. The van der Waals surface area contributed by atoms with Crippen LogP contribution in [0.2, 0.25) is 0 Å². The number of aliphatic imine (C=N–C) groups is 2. The summed E-state index contributed by atoms with van der Waals surface area (Å²) in [5.74, 6) is 0. The highest BCUT2D eigenvalue weighted by atomic mass is 16.1. The maximum Gasteiger partial charge on any atom is 0.240 e. The number of benzene rings is 1. The van der Waals surface area contributed by atoms with Crippen LogP contribution in [0.1, 0.15) is 24.5 Å². The van der Waals surface area contributed by atoms with E-state index in [1.807, 2.05) is 13.0 Å². The Hall–Kier alpha value is -2.02. The molecule has 0 saturated carbocycles. The molecule has 0 aliphatic carbocycles. The zero-order chi connectivity index (χ0) is 12.0. The van der Waals surface area contributed by atoms with E-state index >= 15 is 0 Å². The maximum atomic E-state index is 10.3. The number of aryl methyl sites for hydroxylation is 1. The molecule has 4 nitrogen and oxygen atoms in total. The van der Waals surface area contributed by atoms with Gasteiger partial charge >= 0.3 is 0 Å². The molecule has 0 bridgehead atoms. The van der Waals surface area contributed by atoms with Gasteiger partial charge in [0.05, 0.1) is 0 Å². The molecular weight excluding hydrogens is 204 g/mol. The second-order valence-corrected chi connectivity index (χ2v) is 3.37. The van der Waals surface area contributed by atoms with Crippen molar-refractivity contribution in [2.45, 2.75) is 26.7 Å². The van der Waals surface area contributed by atoms with E-state index in [4.69, 9.17) is 0 Å². The van der Waals surface area contributed by atoms with E-state index in [2.05, 4.69) is 16.9 Å². The smallest absolute Gasteiger partial charge is 0.211 e. The third kappa shape index (κ3) is 2.51. The van der Waals surface area contributed by atoms with E-state index in [0.29, 0.717) is 11.4 Å². The first kappa shape index (κ1) is 12.1. The molecule has 0 N–H and O–H groups in total. The van der Waals surface area contributed by atoms with Gasteiger partial charge in [-0.25, -0.2) is 9.59 Å². The lowest BCUT2D eigenvalue weighted by Gasteiger charge is -2.08. The summed E-state index contributed by atoms with van der Waals surface area (Å²) >= 11 is 0. The number of carbonyl (C=O) groups excluding carboxylic acids is 2. The molecule has 0 aromatic heterocycles. The standard InChI is InChI=1S/C12H12N2O2/c1-3-4-10-5-6-11(13-7-15)12(9(10)2)14-8-16/h5-6H,3-4H2,1-2H3. The lowest BCUT2D eigenvalue weighted by molar-refractivity contribution is 0.564. The summed E-state index contributed by atoms with van der Waals surface area (Å²) in [6.07, 6.45) is 4.83. The number of rotatable bonds is 4. The summed E-state index contributed by atoms with van der Waals surface area (Å²) in [5.41, 5.74) is 2.73. The lowest BCUT2D eigenvalue weighted by atomic mass is 10.0. The minimum Gasteiger partial charge on any atom is -0.211 e. The van der Waals surface area contributed by atoms with Gasteiger partial charge in [-0.2, -0.15) is 9.98 Å². The first-order chi connectivity index (χ1) is 7.74. The van der Waals surface area contributed by atoms with Gasteiger partial charge in [-0.05, 0) is 30.5 Å². The zero-order valence-corrected chi connectivity index (χ0v) is 9.28. The van der Waals surface area contributed by atoms with Crippen molar-refractivity contribution in [3.05, 3.63) is 23.3 Å². The molecule has 0 aliphatic heterocycles. The Bertz CT molecular complexity index is 482. The number of nitrogens with zero attached hydrogens (tertiary/aromatic N) is 2. The fraction of sp³-hybridized carbons (Fsp3) is 0.333. The van der Waals surface area contributed by atoms with Gasteiger partial charge in [0, 0.05) is 0 Å². The molecule has 16 heavy (non-hydrogen) atoms. The molecular formula is C12H12N2O2. The van der Waals surface area contributed by atoms with Crippen molar-refractivity contribution in [3.63, 3.8) is 0 Å². The fourth-order valence-corrected chi connectivity index (χ4v) is 1.59. The van der Waals surface area contributed by atoms with E-state index in [9.17, 15) is 9.59 Å². The minimum atomic E-state index is 0.357. The summed E-state index contributed by atoms with van der Waals surface area (Å²) in [6, 6.07) is 3.55. The van der Waals surface area contributed by atoms with Gasteiger partial charge in [-0.1, -0.05) is 19.4 Å². The molecule has 0 radical (unpaired) electrons. The van der Waals surface area contributed by atoms with Crippen LogP contribution in [0, 0.1) is 6.92 Å². The van der Waals surface area contributed by atoms with Crippen LogP contribution in [0.25, 0.3) is 0 Å². The first-order valence-electron chi connectivity index (χ1n) is 5.02. The Morgan fingerprint density at radius 1 is 1.19 bits per heavy atom. The van der Waals surface area contributed by atoms with Gasteiger partial charge in [0.2, 0.25) is 12.2 Å². The van der Waals surface area contributed by atoms with Crippen LogP contribution < -0.4 is 0 Å². The molecule has 0 amide bonds. The van der Waals surface area contributed by atoms with Crippen LogP contribution in [0.4, 0.5) is 11.4 Å². The predicted octanol–water partition coefficient (Wildman–Crippen LogP) is 2.88. The Morgan fingerprint density at radius 2 is 1.88 bits per heavy atom. The van der Waals surface area contributed by atoms with Gasteiger partial charge in [0.15, 0.2) is 0 Å². The topological polar surface area (TPSA) is 58.9 Å². The zero-order valence-electron chi connectivity index (χ0n) is 9.28. The molecule has 0 spiro atoms. The number of hydrogen-bond acceptors (Lipinski definition) is 4. The predicted molar refractivity (Wildman–Crippen MR) is 60.7 cm³/mol. The second kappa shape index (κ2) is 5.76. The van der Waals surface area contributed by atoms with Gasteiger partial charge < -0.3 is 0 Å². The average molecular weight is 216 g/mol. The largest absolute Gasteiger partial charge is 0.240 e. The molecule has 1 rings (SSSR count). The highest BCUT2D eigenvalue weighted by molar-refractivity contribution is 5.72. The van der Waals surface area contributed by atoms with Crippen LogP contribution >= 0.6 is 0 Å². The van der Waals surface area contributed by atoms with Crippen LogP contribution in [0.3, 0.4) is 0 Å². The Balaban J connectivity index is 3.40. The van der Waals surface area contributed by atoms with Crippen molar-refractivity contribution in [1.29, 1.82) is 0 Å². The SMILES string of the molecule is CCCc1ccc(N=C=O)c(N=C=O)c1C. The third-order valence-electron chi connectivity index (χ3n) is 2.36. The summed E-state index contributed by atoms with van der Waals surface area (Å²) in [4.78, 5) is 27.6.